The first-order valence-corrected chi connectivity index (χ1v) is 7.01. The Bertz CT molecular complexity index is 457. The van der Waals surface area contributed by atoms with Crippen LogP contribution < -0.4 is 0 Å². The Morgan fingerprint density at radius 2 is 2.29 bits per heavy atom. The smallest absolute Gasteiger partial charge is 0.244 e. The Kier molecular flexibility index (Phi) is 3.76. The molecule has 1 saturated carbocycles. The highest BCUT2D eigenvalue weighted by Gasteiger charge is 2.37. The highest BCUT2D eigenvalue weighted by atomic mass is 32.2. The third-order valence-electron chi connectivity index (χ3n) is 2.71. The van der Waals surface area contributed by atoms with Gasteiger partial charge in [0.1, 0.15) is 4.90 Å². The zero-order valence-corrected chi connectivity index (χ0v) is 10.6. The van der Waals surface area contributed by atoms with Gasteiger partial charge in [-0.3, -0.25) is 4.98 Å². The molecule has 0 unspecified atom stereocenters. The molecule has 0 amide bonds. The molecule has 0 radical (unpaired) electrons. The van der Waals surface area contributed by atoms with Gasteiger partial charge in [0.15, 0.2) is 0 Å². The lowest BCUT2D eigenvalue weighted by Gasteiger charge is -2.21. The summed E-state index contributed by atoms with van der Waals surface area (Å²) in [6.07, 6.45) is 4.82. The Morgan fingerprint density at radius 3 is 2.82 bits per heavy atom. The maximum absolute atomic E-state index is 12.4. The number of rotatable bonds is 6. The molecule has 1 aliphatic carbocycles. The predicted octanol–water partition coefficient (Wildman–Crippen LogP) is 0.881. The second-order valence-electron chi connectivity index (χ2n) is 4.03. The Labute approximate surface area is 101 Å². The number of hydrogen-bond acceptors (Lipinski definition) is 4. The van der Waals surface area contributed by atoms with Crippen molar-refractivity contribution in [3.05, 3.63) is 24.5 Å². The third kappa shape index (κ3) is 2.83. The van der Waals surface area contributed by atoms with Crippen LogP contribution >= 0.6 is 0 Å². The molecule has 0 N–H and O–H groups in total. The van der Waals surface area contributed by atoms with E-state index < -0.39 is 10.0 Å². The topological polar surface area (TPSA) is 59.5 Å². The van der Waals surface area contributed by atoms with E-state index in [4.69, 9.17) is 4.74 Å². The minimum Gasteiger partial charge on any atom is -0.383 e. The lowest BCUT2D eigenvalue weighted by atomic mass is 10.5. The van der Waals surface area contributed by atoms with Gasteiger partial charge in [-0.1, -0.05) is 0 Å². The number of hydrogen-bond donors (Lipinski definition) is 0. The van der Waals surface area contributed by atoms with Gasteiger partial charge in [0, 0.05) is 32.1 Å². The van der Waals surface area contributed by atoms with E-state index in [1.807, 2.05) is 0 Å². The molecule has 0 saturated heterocycles. The van der Waals surface area contributed by atoms with Gasteiger partial charge in [0.05, 0.1) is 6.61 Å². The van der Waals surface area contributed by atoms with Gasteiger partial charge in [-0.15, -0.1) is 0 Å². The van der Waals surface area contributed by atoms with Crippen molar-refractivity contribution < 1.29 is 13.2 Å². The van der Waals surface area contributed by atoms with Crippen molar-refractivity contribution in [2.24, 2.45) is 0 Å². The van der Waals surface area contributed by atoms with Gasteiger partial charge in [-0.2, -0.15) is 4.31 Å². The van der Waals surface area contributed by atoms with Gasteiger partial charge in [0.25, 0.3) is 0 Å². The molecule has 17 heavy (non-hydrogen) atoms. The second kappa shape index (κ2) is 5.12. The molecule has 94 valence electrons. The number of sulfonamides is 1. The van der Waals surface area contributed by atoms with E-state index in [9.17, 15) is 8.42 Å². The van der Waals surface area contributed by atoms with Crippen LogP contribution in [0.4, 0.5) is 0 Å². The van der Waals surface area contributed by atoms with Crippen molar-refractivity contribution in [1.29, 1.82) is 0 Å². The van der Waals surface area contributed by atoms with Crippen LogP contribution in [-0.2, 0) is 14.8 Å². The van der Waals surface area contributed by atoms with E-state index in [2.05, 4.69) is 4.98 Å². The Balaban J connectivity index is 2.22. The van der Waals surface area contributed by atoms with Crippen LogP contribution in [0, 0.1) is 0 Å². The number of nitrogens with zero attached hydrogens (tertiary/aromatic N) is 2. The van der Waals surface area contributed by atoms with Crippen molar-refractivity contribution in [1.82, 2.24) is 9.29 Å². The quantitative estimate of drug-likeness (QED) is 0.758. The van der Waals surface area contributed by atoms with Gasteiger partial charge in [-0.25, -0.2) is 8.42 Å². The average molecular weight is 256 g/mol. The summed E-state index contributed by atoms with van der Waals surface area (Å²) in [5, 5.41) is 0. The van der Waals surface area contributed by atoms with Crippen molar-refractivity contribution in [3.63, 3.8) is 0 Å². The zero-order chi connectivity index (χ0) is 12.3. The number of aromatic nitrogens is 1. The second-order valence-corrected chi connectivity index (χ2v) is 5.92. The molecular weight excluding hydrogens is 240 g/mol. The highest BCUT2D eigenvalue weighted by Crippen LogP contribution is 2.31. The van der Waals surface area contributed by atoms with Crippen LogP contribution in [0.15, 0.2) is 29.4 Å². The van der Waals surface area contributed by atoms with Gasteiger partial charge in [-0.05, 0) is 25.0 Å². The van der Waals surface area contributed by atoms with Crippen molar-refractivity contribution in [2.75, 3.05) is 20.3 Å². The van der Waals surface area contributed by atoms with E-state index in [1.165, 1.54) is 10.5 Å². The van der Waals surface area contributed by atoms with Crippen LogP contribution in [0.25, 0.3) is 0 Å². The molecule has 1 aromatic heterocycles. The van der Waals surface area contributed by atoms with Crippen molar-refractivity contribution in [2.45, 2.75) is 23.8 Å². The Morgan fingerprint density at radius 1 is 1.53 bits per heavy atom. The molecule has 1 fully saturated rings. The molecule has 0 atom stereocenters. The number of ether oxygens (including phenoxy) is 1. The summed E-state index contributed by atoms with van der Waals surface area (Å²) in [4.78, 5) is 4.11. The molecule has 1 heterocycles. The molecule has 0 aliphatic heterocycles. The molecular formula is C11H16N2O3S. The zero-order valence-electron chi connectivity index (χ0n) is 9.74. The summed E-state index contributed by atoms with van der Waals surface area (Å²) in [5.74, 6) is 0. The monoisotopic (exact) mass is 256 g/mol. The molecule has 2 rings (SSSR count). The molecule has 0 bridgehead atoms. The first kappa shape index (κ1) is 12.5. The van der Waals surface area contributed by atoms with Crippen LogP contribution in [0.3, 0.4) is 0 Å². The van der Waals surface area contributed by atoms with E-state index in [0.717, 1.165) is 12.8 Å². The lowest BCUT2D eigenvalue weighted by Crippen LogP contribution is -2.35. The fraction of sp³-hybridized carbons (Fsp3) is 0.545. The summed E-state index contributed by atoms with van der Waals surface area (Å²) in [6.45, 7) is 0.814. The van der Waals surface area contributed by atoms with Gasteiger partial charge < -0.3 is 4.74 Å². The van der Waals surface area contributed by atoms with E-state index in [-0.39, 0.29) is 10.9 Å². The summed E-state index contributed by atoms with van der Waals surface area (Å²) in [7, 11) is -1.85. The van der Waals surface area contributed by atoms with Crippen LogP contribution in [-0.4, -0.2) is 44.0 Å². The molecule has 1 aromatic rings. The third-order valence-corrected chi connectivity index (χ3v) is 4.65. The van der Waals surface area contributed by atoms with Gasteiger partial charge >= 0.3 is 0 Å². The van der Waals surface area contributed by atoms with E-state index in [0.29, 0.717) is 13.2 Å². The SMILES string of the molecule is COCCN(C1CC1)S(=O)(=O)c1cccnc1. The standard InChI is InChI=1S/C11H16N2O3S/c1-16-8-7-13(10-4-5-10)17(14,15)11-3-2-6-12-9-11/h2-3,6,9-10H,4-5,7-8H2,1H3. The minimum absolute atomic E-state index is 0.135. The maximum atomic E-state index is 12.4. The lowest BCUT2D eigenvalue weighted by molar-refractivity contribution is 0.177. The summed E-state index contributed by atoms with van der Waals surface area (Å²) < 4.78 is 31.2. The first-order chi connectivity index (χ1) is 8.16. The van der Waals surface area contributed by atoms with E-state index >= 15 is 0 Å². The number of methoxy groups -OCH3 is 1. The molecule has 0 spiro atoms. The van der Waals surface area contributed by atoms with Gasteiger partial charge in [0.2, 0.25) is 10.0 Å². The first-order valence-electron chi connectivity index (χ1n) is 5.57. The van der Waals surface area contributed by atoms with E-state index in [1.54, 1.807) is 25.4 Å². The van der Waals surface area contributed by atoms with Crippen LogP contribution in [0.5, 0.6) is 0 Å². The van der Waals surface area contributed by atoms with Crippen molar-refractivity contribution in [3.8, 4) is 0 Å². The molecule has 0 aromatic carbocycles. The molecule has 6 heteroatoms. The normalized spacial score (nSPS) is 16.4. The van der Waals surface area contributed by atoms with Crippen molar-refractivity contribution >= 4 is 10.0 Å². The molecule has 5 nitrogen and oxygen atoms in total. The summed E-state index contributed by atoms with van der Waals surface area (Å²) in [5.41, 5.74) is 0. The minimum atomic E-state index is -3.42. The maximum Gasteiger partial charge on any atom is 0.244 e. The summed E-state index contributed by atoms with van der Waals surface area (Å²) >= 11 is 0. The Hall–Kier alpha value is -0.980. The van der Waals surface area contributed by atoms with Crippen LogP contribution in [0.2, 0.25) is 0 Å². The molecule has 1 aliphatic rings. The predicted molar refractivity (Wildman–Crippen MR) is 63.0 cm³/mol. The average Bonchev–Trinajstić information content (AvgIpc) is 3.15. The fourth-order valence-electron chi connectivity index (χ4n) is 1.68. The summed E-state index contributed by atoms with van der Waals surface area (Å²) in [6, 6.07) is 3.34. The highest BCUT2D eigenvalue weighted by molar-refractivity contribution is 7.89. The van der Waals surface area contributed by atoms with Crippen LogP contribution in [0.1, 0.15) is 12.8 Å². The number of pyridine rings is 1. The largest absolute Gasteiger partial charge is 0.383 e. The fourth-order valence-corrected chi connectivity index (χ4v) is 3.31.